The van der Waals surface area contributed by atoms with Crippen LogP contribution in [0.5, 0.6) is 0 Å². The van der Waals surface area contributed by atoms with Gasteiger partial charge in [0.1, 0.15) is 12.2 Å². The Morgan fingerprint density at radius 2 is 2.30 bits per heavy atom. The standard InChI is InChI=1S/C14H13ClN4O/c1-3-7-19-14(20)13(12(15)9-17-19)16-8-11-6-4-5-10(2)18-11/h1,4-6,9,16H,7-8H2,2H3. The number of hydrogen-bond acceptors (Lipinski definition) is 4. The van der Waals surface area contributed by atoms with E-state index in [1.165, 1.54) is 10.9 Å². The Bertz CT molecular complexity index is 718. The molecule has 0 aromatic carbocycles. The lowest BCUT2D eigenvalue weighted by molar-refractivity contribution is 0.664. The van der Waals surface area contributed by atoms with Gasteiger partial charge in [-0.05, 0) is 19.1 Å². The van der Waals surface area contributed by atoms with E-state index in [1.807, 2.05) is 25.1 Å². The lowest BCUT2D eigenvalue weighted by atomic mass is 10.3. The quantitative estimate of drug-likeness (QED) is 0.872. The second kappa shape index (κ2) is 6.22. The lowest BCUT2D eigenvalue weighted by Crippen LogP contribution is -2.25. The molecule has 102 valence electrons. The van der Waals surface area contributed by atoms with Gasteiger partial charge in [-0.2, -0.15) is 5.10 Å². The van der Waals surface area contributed by atoms with E-state index in [0.717, 1.165) is 11.4 Å². The number of nitrogens with zero attached hydrogens (tertiary/aromatic N) is 3. The summed E-state index contributed by atoms with van der Waals surface area (Å²) < 4.78 is 1.18. The summed E-state index contributed by atoms with van der Waals surface area (Å²) in [5, 5.41) is 7.12. The summed E-state index contributed by atoms with van der Waals surface area (Å²) in [5.74, 6) is 2.37. The first-order valence-electron chi connectivity index (χ1n) is 5.97. The van der Waals surface area contributed by atoms with Crippen LogP contribution in [0.2, 0.25) is 5.02 Å². The first-order valence-corrected chi connectivity index (χ1v) is 6.35. The van der Waals surface area contributed by atoms with Crippen molar-refractivity contribution in [1.29, 1.82) is 0 Å². The minimum absolute atomic E-state index is 0.105. The Kier molecular flexibility index (Phi) is 4.38. The van der Waals surface area contributed by atoms with Gasteiger partial charge in [0.05, 0.1) is 23.5 Å². The number of nitrogens with one attached hydrogen (secondary N) is 1. The summed E-state index contributed by atoms with van der Waals surface area (Å²) >= 11 is 5.99. The van der Waals surface area contributed by atoms with Crippen molar-refractivity contribution in [2.75, 3.05) is 5.32 Å². The van der Waals surface area contributed by atoms with Crippen molar-refractivity contribution in [1.82, 2.24) is 14.8 Å². The maximum atomic E-state index is 12.1. The molecular weight excluding hydrogens is 276 g/mol. The van der Waals surface area contributed by atoms with Gasteiger partial charge in [-0.25, -0.2) is 4.68 Å². The largest absolute Gasteiger partial charge is 0.374 e. The molecule has 0 aliphatic heterocycles. The summed E-state index contributed by atoms with van der Waals surface area (Å²) in [6.07, 6.45) is 6.58. The number of aryl methyl sites for hydroxylation is 1. The molecule has 2 aromatic rings. The van der Waals surface area contributed by atoms with Crippen molar-refractivity contribution in [2.24, 2.45) is 0 Å². The van der Waals surface area contributed by atoms with Crippen LogP contribution in [0, 0.1) is 19.3 Å². The number of pyridine rings is 1. The molecule has 2 heterocycles. The fourth-order valence-electron chi connectivity index (χ4n) is 1.70. The number of aromatic nitrogens is 3. The predicted octanol–water partition coefficient (Wildman–Crippen LogP) is 1.85. The first kappa shape index (κ1) is 14.1. The van der Waals surface area contributed by atoms with Crippen molar-refractivity contribution in [2.45, 2.75) is 20.0 Å². The Balaban J connectivity index is 2.23. The maximum absolute atomic E-state index is 12.1. The fourth-order valence-corrected chi connectivity index (χ4v) is 1.90. The summed E-state index contributed by atoms with van der Waals surface area (Å²) in [4.78, 5) is 16.4. The zero-order valence-corrected chi connectivity index (χ0v) is 11.7. The number of rotatable bonds is 4. The highest BCUT2D eigenvalue weighted by Gasteiger charge is 2.09. The molecule has 0 spiro atoms. The molecule has 0 fully saturated rings. The van der Waals surface area contributed by atoms with Crippen LogP contribution in [0.15, 0.2) is 29.2 Å². The molecular formula is C14H13ClN4O. The molecule has 20 heavy (non-hydrogen) atoms. The summed E-state index contributed by atoms with van der Waals surface area (Å²) in [6.45, 7) is 2.41. The number of anilines is 1. The van der Waals surface area contributed by atoms with Gasteiger partial charge >= 0.3 is 0 Å². The number of hydrogen-bond donors (Lipinski definition) is 1. The Morgan fingerprint density at radius 1 is 1.50 bits per heavy atom. The van der Waals surface area contributed by atoms with Gasteiger partial charge in [0, 0.05) is 5.69 Å². The topological polar surface area (TPSA) is 59.8 Å². The highest BCUT2D eigenvalue weighted by Crippen LogP contribution is 2.15. The van der Waals surface area contributed by atoms with Crippen LogP contribution < -0.4 is 10.9 Å². The zero-order valence-electron chi connectivity index (χ0n) is 10.9. The van der Waals surface area contributed by atoms with E-state index in [2.05, 4.69) is 21.3 Å². The van der Waals surface area contributed by atoms with E-state index < -0.39 is 0 Å². The zero-order chi connectivity index (χ0) is 14.5. The van der Waals surface area contributed by atoms with Crippen LogP contribution in [0.25, 0.3) is 0 Å². The van der Waals surface area contributed by atoms with Gasteiger partial charge in [0.2, 0.25) is 0 Å². The van der Waals surface area contributed by atoms with Gasteiger partial charge in [-0.15, -0.1) is 6.42 Å². The monoisotopic (exact) mass is 288 g/mol. The third-order valence-corrected chi connectivity index (χ3v) is 2.92. The molecule has 0 saturated carbocycles. The molecule has 0 aliphatic rings. The average molecular weight is 289 g/mol. The van der Waals surface area contributed by atoms with Crippen molar-refractivity contribution in [3.8, 4) is 12.3 Å². The first-order chi connectivity index (χ1) is 9.61. The molecule has 0 unspecified atom stereocenters. The number of halogens is 1. The van der Waals surface area contributed by atoms with E-state index in [4.69, 9.17) is 18.0 Å². The van der Waals surface area contributed by atoms with Crippen LogP contribution in [0.1, 0.15) is 11.4 Å². The summed E-state index contributed by atoms with van der Waals surface area (Å²) in [6, 6.07) is 5.68. The molecule has 5 nitrogen and oxygen atoms in total. The molecule has 0 atom stereocenters. The second-order valence-corrected chi connectivity index (χ2v) is 4.57. The van der Waals surface area contributed by atoms with Gasteiger partial charge in [0.25, 0.3) is 5.56 Å². The molecule has 0 bridgehead atoms. The van der Waals surface area contributed by atoms with Crippen LogP contribution in [0.4, 0.5) is 5.69 Å². The molecule has 6 heteroatoms. The average Bonchev–Trinajstić information content (AvgIpc) is 2.42. The lowest BCUT2D eigenvalue weighted by Gasteiger charge is -2.09. The van der Waals surface area contributed by atoms with Gasteiger partial charge in [-0.3, -0.25) is 9.78 Å². The second-order valence-electron chi connectivity index (χ2n) is 4.16. The molecule has 0 aliphatic carbocycles. The van der Waals surface area contributed by atoms with E-state index >= 15 is 0 Å². The van der Waals surface area contributed by atoms with Crippen LogP contribution in [0.3, 0.4) is 0 Å². The van der Waals surface area contributed by atoms with Crippen LogP contribution in [-0.2, 0) is 13.1 Å². The Morgan fingerprint density at radius 3 is 3.00 bits per heavy atom. The molecule has 0 radical (unpaired) electrons. The smallest absolute Gasteiger partial charge is 0.292 e. The molecule has 1 N–H and O–H groups in total. The van der Waals surface area contributed by atoms with Crippen molar-refractivity contribution in [3.05, 3.63) is 51.2 Å². The highest BCUT2D eigenvalue weighted by molar-refractivity contribution is 6.32. The van der Waals surface area contributed by atoms with Crippen molar-refractivity contribution >= 4 is 17.3 Å². The van der Waals surface area contributed by atoms with E-state index in [0.29, 0.717) is 6.54 Å². The Labute approximate surface area is 121 Å². The molecule has 2 aromatic heterocycles. The van der Waals surface area contributed by atoms with E-state index in [1.54, 1.807) is 0 Å². The van der Waals surface area contributed by atoms with Crippen LogP contribution >= 0.6 is 11.6 Å². The van der Waals surface area contributed by atoms with Gasteiger partial charge in [-0.1, -0.05) is 23.6 Å². The SMILES string of the molecule is C#CCn1ncc(Cl)c(NCc2cccc(C)n2)c1=O. The summed E-state index contributed by atoms with van der Waals surface area (Å²) in [7, 11) is 0. The van der Waals surface area contributed by atoms with Gasteiger partial charge < -0.3 is 5.32 Å². The molecule has 2 rings (SSSR count). The summed E-state index contributed by atoms with van der Waals surface area (Å²) in [5.41, 5.74) is 1.67. The number of terminal acetylenes is 1. The third kappa shape index (κ3) is 3.16. The normalized spacial score (nSPS) is 10.1. The fraction of sp³-hybridized carbons (Fsp3) is 0.214. The van der Waals surface area contributed by atoms with Crippen molar-refractivity contribution < 1.29 is 0 Å². The van der Waals surface area contributed by atoms with E-state index in [-0.39, 0.29) is 22.8 Å². The maximum Gasteiger partial charge on any atom is 0.292 e. The predicted molar refractivity (Wildman–Crippen MR) is 78.6 cm³/mol. The van der Waals surface area contributed by atoms with Crippen molar-refractivity contribution in [3.63, 3.8) is 0 Å². The van der Waals surface area contributed by atoms with Crippen LogP contribution in [-0.4, -0.2) is 14.8 Å². The highest BCUT2D eigenvalue weighted by atomic mass is 35.5. The Hall–Kier alpha value is -2.32. The van der Waals surface area contributed by atoms with E-state index in [9.17, 15) is 4.79 Å². The molecule has 0 amide bonds. The molecule has 0 saturated heterocycles. The minimum Gasteiger partial charge on any atom is -0.374 e. The van der Waals surface area contributed by atoms with Gasteiger partial charge in [0.15, 0.2) is 0 Å². The third-order valence-electron chi connectivity index (χ3n) is 2.63. The minimum atomic E-state index is -0.344.